The highest BCUT2D eigenvalue weighted by Gasteiger charge is 2.53. The van der Waals surface area contributed by atoms with E-state index < -0.39 is 34.6 Å². The average molecular weight is 345 g/mol. The second-order valence-corrected chi connectivity index (χ2v) is 5.89. The largest absolute Gasteiger partial charge is 0.510 e. The molecule has 3 rings (SSSR count). The summed E-state index contributed by atoms with van der Waals surface area (Å²) in [7, 11) is 0. The van der Waals surface area contributed by atoms with E-state index in [1.165, 1.54) is 12.4 Å². The molecule has 10 nitrogen and oxygen atoms in total. The zero-order valence-corrected chi connectivity index (χ0v) is 13.0. The van der Waals surface area contributed by atoms with Crippen molar-refractivity contribution in [3.8, 4) is 0 Å². The van der Waals surface area contributed by atoms with Gasteiger partial charge in [0.05, 0.1) is 11.9 Å². The number of aliphatic hydroxyl groups is 1. The van der Waals surface area contributed by atoms with Gasteiger partial charge in [0.2, 0.25) is 6.04 Å². The fraction of sp³-hybridized carbons (Fsp3) is 0.400. The van der Waals surface area contributed by atoms with Gasteiger partial charge in [-0.2, -0.15) is 0 Å². The zero-order chi connectivity index (χ0) is 18.0. The van der Waals surface area contributed by atoms with E-state index in [2.05, 4.69) is 20.5 Å². The Labute approximate surface area is 141 Å². The molecule has 1 aromatic heterocycles. The lowest BCUT2D eigenvalue weighted by atomic mass is 9.77. The summed E-state index contributed by atoms with van der Waals surface area (Å²) in [6, 6.07) is 1.31. The van der Waals surface area contributed by atoms with Crippen molar-refractivity contribution >= 4 is 17.5 Å². The van der Waals surface area contributed by atoms with Crippen molar-refractivity contribution in [2.75, 3.05) is 5.32 Å². The van der Waals surface area contributed by atoms with Crippen LogP contribution in [0.1, 0.15) is 19.3 Å². The molecule has 0 spiro atoms. The number of rotatable bonds is 3. The number of ketones is 1. The molecule has 25 heavy (non-hydrogen) atoms. The standard InChI is InChI=1S/C15H15N5O5/c21-13-9-4-1-5-10(20(24)25)11(9)14(22)12(13)18-19-15(23)17-8-3-2-6-16-7-8/h2-3,6-7,9-11,21H,1,4-5H2,(H,17,23). The van der Waals surface area contributed by atoms with Crippen molar-refractivity contribution in [3.05, 3.63) is 46.1 Å². The lowest BCUT2D eigenvalue weighted by molar-refractivity contribution is -0.533. The van der Waals surface area contributed by atoms with Gasteiger partial charge in [-0.25, -0.2) is 4.79 Å². The van der Waals surface area contributed by atoms with Crippen LogP contribution in [0, 0.1) is 22.0 Å². The summed E-state index contributed by atoms with van der Waals surface area (Å²) in [5.41, 5.74) is 0.0228. The Morgan fingerprint density at radius 1 is 1.44 bits per heavy atom. The maximum absolute atomic E-state index is 12.4. The Bertz CT molecular complexity index is 776. The van der Waals surface area contributed by atoms with E-state index in [4.69, 9.17) is 0 Å². The lowest BCUT2D eigenvalue weighted by Gasteiger charge is -2.26. The first-order valence-corrected chi connectivity index (χ1v) is 7.72. The van der Waals surface area contributed by atoms with E-state index in [9.17, 15) is 24.8 Å². The third kappa shape index (κ3) is 3.23. The van der Waals surface area contributed by atoms with E-state index in [0.29, 0.717) is 18.5 Å². The Kier molecular flexibility index (Phi) is 4.50. The average Bonchev–Trinajstić information content (AvgIpc) is 2.85. The van der Waals surface area contributed by atoms with Crippen LogP contribution in [0.25, 0.3) is 0 Å². The number of allylic oxidation sites excluding steroid dienone is 2. The van der Waals surface area contributed by atoms with E-state index in [-0.39, 0.29) is 17.9 Å². The maximum Gasteiger partial charge on any atom is 0.364 e. The fourth-order valence-electron chi connectivity index (χ4n) is 3.32. The highest BCUT2D eigenvalue weighted by Crippen LogP contribution is 2.44. The van der Waals surface area contributed by atoms with E-state index in [0.717, 1.165) is 0 Å². The first kappa shape index (κ1) is 16.7. The normalized spacial score (nSPS) is 25.9. The third-order valence-electron chi connectivity index (χ3n) is 4.42. The molecule has 0 bridgehead atoms. The van der Waals surface area contributed by atoms with Gasteiger partial charge in [0.1, 0.15) is 11.7 Å². The van der Waals surface area contributed by atoms with Gasteiger partial charge in [0, 0.05) is 23.5 Å². The number of nitrogens with one attached hydrogen (secondary N) is 1. The minimum absolute atomic E-state index is 0.277. The molecule has 3 unspecified atom stereocenters. The van der Waals surface area contributed by atoms with Crippen molar-refractivity contribution < 1.29 is 19.6 Å². The first-order chi connectivity index (χ1) is 12.0. The predicted molar refractivity (Wildman–Crippen MR) is 84.4 cm³/mol. The monoisotopic (exact) mass is 345 g/mol. The molecule has 0 radical (unpaired) electrons. The molecule has 2 aliphatic rings. The summed E-state index contributed by atoms with van der Waals surface area (Å²) in [5, 5.41) is 30.7. The number of nitrogens with zero attached hydrogens (tertiary/aromatic N) is 4. The Morgan fingerprint density at radius 3 is 2.92 bits per heavy atom. The Morgan fingerprint density at radius 2 is 2.24 bits per heavy atom. The molecule has 2 N–H and O–H groups in total. The smallest absolute Gasteiger partial charge is 0.364 e. The number of hydrogen-bond acceptors (Lipinski definition) is 7. The summed E-state index contributed by atoms with van der Waals surface area (Å²) in [5.74, 6) is -2.53. The number of carbonyl (C=O) groups excluding carboxylic acids is 2. The second-order valence-electron chi connectivity index (χ2n) is 5.89. The van der Waals surface area contributed by atoms with Crippen LogP contribution in [0.5, 0.6) is 0 Å². The molecule has 1 fully saturated rings. The van der Waals surface area contributed by atoms with E-state index in [1.807, 2.05) is 0 Å². The molecule has 2 amide bonds. The van der Waals surface area contributed by atoms with Crippen LogP contribution in [0.3, 0.4) is 0 Å². The molecule has 0 saturated heterocycles. The van der Waals surface area contributed by atoms with Gasteiger partial charge in [-0.15, -0.1) is 5.11 Å². The quantitative estimate of drug-likeness (QED) is 0.488. The summed E-state index contributed by atoms with van der Waals surface area (Å²) in [6.07, 6.45) is 4.22. The highest BCUT2D eigenvalue weighted by molar-refractivity contribution is 6.01. The Balaban J connectivity index is 1.75. The van der Waals surface area contributed by atoms with E-state index >= 15 is 0 Å². The summed E-state index contributed by atoms with van der Waals surface area (Å²) < 4.78 is 0. The first-order valence-electron chi connectivity index (χ1n) is 7.72. The molecular weight excluding hydrogens is 330 g/mol. The fourth-order valence-corrected chi connectivity index (χ4v) is 3.32. The van der Waals surface area contributed by atoms with Gasteiger partial charge in [-0.05, 0) is 25.0 Å². The summed E-state index contributed by atoms with van der Waals surface area (Å²) >= 11 is 0. The topological polar surface area (TPSA) is 147 Å². The minimum atomic E-state index is -1.05. The molecule has 1 saturated carbocycles. The van der Waals surface area contributed by atoms with Crippen molar-refractivity contribution in [2.45, 2.75) is 25.3 Å². The van der Waals surface area contributed by atoms with Crippen LogP contribution in [-0.2, 0) is 4.79 Å². The predicted octanol–water partition coefficient (Wildman–Crippen LogP) is 2.48. The number of pyridine rings is 1. The zero-order valence-electron chi connectivity index (χ0n) is 13.0. The number of carbonyl (C=O) groups is 2. The van der Waals surface area contributed by atoms with Crippen molar-refractivity contribution in [1.82, 2.24) is 4.98 Å². The van der Waals surface area contributed by atoms with Crippen LogP contribution in [0.4, 0.5) is 10.5 Å². The highest BCUT2D eigenvalue weighted by atomic mass is 16.6. The van der Waals surface area contributed by atoms with Crippen LogP contribution >= 0.6 is 0 Å². The molecule has 0 aliphatic heterocycles. The number of Topliss-reactive ketones (excluding diaryl/α,β-unsaturated/α-hetero) is 1. The van der Waals surface area contributed by atoms with Crippen LogP contribution in [-0.4, -0.2) is 32.9 Å². The number of aromatic nitrogens is 1. The number of amides is 2. The van der Waals surface area contributed by atoms with Crippen molar-refractivity contribution in [3.63, 3.8) is 0 Å². The second kappa shape index (κ2) is 6.75. The van der Waals surface area contributed by atoms with E-state index in [1.54, 1.807) is 12.1 Å². The van der Waals surface area contributed by atoms with Crippen molar-refractivity contribution in [2.24, 2.45) is 22.1 Å². The van der Waals surface area contributed by atoms with Gasteiger partial charge in [0.25, 0.3) is 0 Å². The number of fused-ring (bicyclic) bond motifs is 1. The van der Waals surface area contributed by atoms with Gasteiger partial charge in [-0.3, -0.25) is 19.9 Å². The van der Waals surface area contributed by atoms with Gasteiger partial charge >= 0.3 is 6.03 Å². The van der Waals surface area contributed by atoms with Crippen LogP contribution in [0.2, 0.25) is 0 Å². The molecule has 0 aromatic carbocycles. The lowest BCUT2D eigenvalue weighted by Crippen LogP contribution is -2.40. The molecule has 1 heterocycles. The number of urea groups is 1. The SMILES string of the molecule is O=C(N=NC1=C(O)C2CCCC([N+](=O)[O-])C2C1=O)Nc1cccnc1. The molecule has 2 aliphatic carbocycles. The van der Waals surface area contributed by atoms with Crippen molar-refractivity contribution in [1.29, 1.82) is 0 Å². The van der Waals surface area contributed by atoms with Crippen LogP contribution < -0.4 is 5.32 Å². The number of anilines is 1. The van der Waals surface area contributed by atoms with Gasteiger partial charge in [-0.1, -0.05) is 5.11 Å². The summed E-state index contributed by atoms with van der Waals surface area (Å²) in [6.45, 7) is 0. The minimum Gasteiger partial charge on any atom is -0.510 e. The molecule has 10 heteroatoms. The molecule has 3 atom stereocenters. The van der Waals surface area contributed by atoms with Gasteiger partial charge in [0.15, 0.2) is 11.5 Å². The molecular formula is C15H15N5O5. The maximum atomic E-state index is 12.4. The molecule has 1 aromatic rings. The Hall–Kier alpha value is -3.17. The van der Waals surface area contributed by atoms with Gasteiger partial charge < -0.3 is 10.4 Å². The van der Waals surface area contributed by atoms with Crippen LogP contribution in [0.15, 0.2) is 46.2 Å². The summed E-state index contributed by atoms with van der Waals surface area (Å²) in [4.78, 5) is 38.6. The number of azo groups is 1. The third-order valence-corrected chi connectivity index (χ3v) is 4.42. The number of hydrogen-bond donors (Lipinski definition) is 2. The number of aliphatic hydroxyl groups excluding tert-OH is 1. The molecule has 130 valence electrons. The number of nitro groups is 1.